The standard InChI is InChI=1S/C16H21N5O/c1-20-6-8-21(9-7-20)14-5-4-13(11-17-14)16-18-15(22-19-16)10-12-2-3-12/h4-5,11-12H,2-3,6-10H2,1H3. The highest BCUT2D eigenvalue weighted by Gasteiger charge is 2.24. The fourth-order valence-corrected chi connectivity index (χ4v) is 2.76. The van der Waals surface area contributed by atoms with Crippen LogP contribution in [0.3, 0.4) is 0 Å². The first-order valence-electron chi connectivity index (χ1n) is 8.00. The van der Waals surface area contributed by atoms with E-state index in [1.54, 1.807) is 0 Å². The maximum Gasteiger partial charge on any atom is 0.227 e. The van der Waals surface area contributed by atoms with Crippen molar-refractivity contribution < 1.29 is 4.52 Å². The molecule has 22 heavy (non-hydrogen) atoms. The minimum atomic E-state index is 0.646. The molecular weight excluding hydrogens is 278 g/mol. The third-order valence-electron chi connectivity index (χ3n) is 4.46. The zero-order valence-corrected chi connectivity index (χ0v) is 12.9. The lowest BCUT2D eigenvalue weighted by atomic mass is 10.2. The van der Waals surface area contributed by atoms with E-state index < -0.39 is 0 Å². The lowest BCUT2D eigenvalue weighted by molar-refractivity contribution is 0.312. The van der Waals surface area contributed by atoms with Crippen molar-refractivity contribution in [3.63, 3.8) is 0 Å². The van der Waals surface area contributed by atoms with Crippen LogP contribution in [0.5, 0.6) is 0 Å². The summed E-state index contributed by atoms with van der Waals surface area (Å²) in [6, 6.07) is 4.09. The summed E-state index contributed by atoms with van der Waals surface area (Å²) < 4.78 is 5.32. The van der Waals surface area contributed by atoms with Gasteiger partial charge in [0.2, 0.25) is 11.7 Å². The van der Waals surface area contributed by atoms with Crippen LogP contribution in [0.1, 0.15) is 18.7 Å². The number of rotatable bonds is 4. The number of nitrogens with zero attached hydrogens (tertiary/aromatic N) is 5. The fourth-order valence-electron chi connectivity index (χ4n) is 2.76. The lowest BCUT2D eigenvalue weighted by Gasteiger charge is -2.33. The summed E-state index contributed by atoms with van der Waals surface area (Å²) in [5.74, 6) is 3.18. The van der Waals surface area contributed by atoms with Crippen LogP contribution >= 0.6 is 0 Å². The molecule has 1 saturated heterocycles. The van der Waals surface area contributed by atoms with Gasteiger partial charge in [-0.2, -0.15) is 4.98 Å². The highest BCUT2D eigenvalue weighted by Crippen LogP contribution is 2.32. The third-order valence-corrected chi connectivity index (χ3v) is 4.46. The van der Waals surface area contributed by atoms with Gasteiger partial charge in [-0.3, -0.25) is 0 Å². The lowest BCUT2D eigenvalue weighted by Crippen LogP contribution is -2.44. The van der Waals surface area contributed by atoms with Crippen LogP contribution in [0, 0.1) is 5.92 Å². The molecule has 2 aliphatic rings. The molecule has 6 nitrogen and oxygen atoms in total. The zero-order valence-electron chi connectivity index (χ0n) is 12.9. The smallest absolute Gasteiger partial charge is 0.227 e. The summed E-state index contributed by atoms with van der Waals surface area (Å²) in [6.45, 7) is 4.21. The van der Waals surface area contributed by atoms with Gasteiger partial charge >= 0.3 is 0 Å². The summed E-state index contributed by atoms with van der Waals surface area (Å²) in [4.78, 5) is 13.7. The largest absolute Gasteiger partial charge is 0.354 e. The molecule has 0 amide bonds. The minimum absolute atomic E-state index is 0.646. The topological polar surface area (TPSA) is 58.3 Å². The second-order valence-corrected chi connectivity index (χ2v) is 6.35. The molecule has 0 N–H and O–H groups in total. The van der Waals surface area contributed by atoms with E-state index in [2.05, 4.69) is 38.0 Å². The Morgan fingerprint density at radius 3 is 2.68 bits per heavy atom. The van der Waals surface area contributed by atoms with Gasteiger partial charge in [0, 0.05) is 44.4 Å². The van der Waals surface area contributed by atoms with Crippen molar-refractivity contribution in [2.45, 2.75) is 19.3 Å². The van der Waals surface area contributed by atoms with E-state index in [0.717, 1.165) is 55.8 Å². The number of pyridine rings is 1. The average molecular weight is 299 g/mol. The van der Waals surface area contributed by atoms with Crippen molar-refractivity contribution in [1.82, 2.24) is 20.0 Å². The van der Waals surface area contributed by atoms with E-state index in [4.69, 9.17) is 4.52 Å². The molecule has 4 rings (SSSR count). The molecule has 3 heterocycles. The van der Waals surface area contributed by atoms with Crippen LogP contribution in [-0.2, 0) is 6.42 Å². The van der Waals surface area contributed by atoms with Crippen LogP contribution in [0.2, 0.25) is 0 Å². The molecule has 0 aromatic carbocycles. The van der Waals surface area contributed by atoms with Crippen LogP contribution in [0.4, 0.5) is 5.82 Å². The van der Waals surface area contributed by atoms with Crippen molar-refractivity contribution in [2.24, 2.45) is 5.92 Å². The number of hydrogen-bond acceptors (Lipinski definition) is 6. The molecule has 2 aromatic heterocycles. The maximum absolute atomic E-state index is 5.32. The quantitative estimate of drug-likeness (QED) is 0.858. The molecular formula is C16H21N5O. The highest BCUT2D eigenvalue weighted by atomic mass is 16.5. The van der Waals surface area contributed by atoms with Gasteiger partial charge < -0.3 is 14.3 Å². The van der Waals surface area contributed by atoms with Gasteiger partial charge in [-0.15, -0.1) is 0 Å². The Bertz CT molecular complexity index is 626. The molecule has 2 fully saturated rings. The van der Waals surface area contributed by atoms with Gasteiger partial charge in [0.1, 0.15) is 5.82 Å². The van der Waals surface area contributed by atoms with E-state index >= 15 is 0 Å². The second-order valence-electron chi connectivity index (χ2n) is 6.35. The van der Waals surface area contributed by atoms with Gasteiger partial charge in [-0.1, -0.05) is 5.16 Å². The zero-order chi connectivity index (χ0) is 14.9. The third kappa shape index (κ3) is 2.97. The molecule has 1 aliphatic carbocycles. The van der Waals surface area contributed by atoms with Gasteiger partial charge in [0.05, 0.1) is 0 Å². The summed E-state index contributed by atoms with van der Waals surface area (Å²) in [7, 11) is 2.16. The van der Waals surface area contributed by atoms with Crippen molar-refractivity contribution in [2.75, 3.05) is 38.1 Å². The normalized spacial score (nSPS) is 19.6. The van der Waals surface area contributed by atoms with E-state index in [0.29, 0.717) is 5.82 Å². The summed E-state index contributed by atoms with van der Waals surface area (Å²) in [6.07, 6.45) is 5.34. The van der Waals surface area contributed by atoms with E-state index in [9.17, 15) is 0 Å². The Balaban J connectivity index is 1.45. The molecule has 2 aromatic rings. The predicted octanol–water partition coefficient (Wildman–Crippen LogP) is 1.84. The molecule has 1 aliphatic heterocycles. The molecule has 6 heteroatoms. The number of hydrogen-bond donors (Lipinski definition) is 0. The first-order valence-corrected chi connectivity index (χ1v) is 8.00. The molecule has 0 unspecified atom stereocenters. The van der Waals surface area contributed by atoms with E-state index in [-0.39, 0.29) is 0 Å². The van der Waals surface area contributed by atoms with Crippen LogP contribution in [0.15, 0.2) is 22.9 Å². The first kappa shape index (κ1) is 13.7. The van der Waals surface area contributed by atoms with Gasteiger partial charge in [0.25, 0.3) is 0 Å². The molecule has 116 valence electrons. The fraction of sp³-hybridized carbons (Fsp3) is 0.562. The Morgan fingerprint density at radius 2 is 2.00 bits per heavy atom. The van der Waals surface area contributed by atoms with E-state index in [1.165, 1.54) is 12.8 Å². The van der Waals surface area contributed by atoms with Crippen molar-refractivity contribution in [3.8, 4) is 11.4 Å². The van der Waals surface area contributed by atoms with Crippen LogP contribution in [-0.4, -0.2) is 53.3 Å². The van der Waals surface area contributed by atoms with Crippen LogP contribution in [0.25, 0.3) is 11.4 Å². The Labute approximate surface area is 130 Å². The Morgan fingerprint density at radius 1 is 1.18 bits per heavy atom. The number of aromatic nitrogens is 3. The Hall–Kier alpha value is -1.95. The van der Waals surface area contributed by atoms with Gasteiger partial charge in [-0.25, -0.2) is 4.98 Å². The Kier molecular flexibility index (Phi) is 3.54. The molecule has 0 atom stereocenters. The average Bonchev–Trinajstić information content (AvgIpc) is 3.24. The number of anilines is 1. The van der Waals surface area contributed by atoms with Gasteiger partial charge in [0.15, 0.2) is 0 Å². The summed E-state index contributed by atoms with van der Waals surface area (Å²) in [5, 5.41) is 4.07. The van der Waals surface area contributed by atoms with Crippen molar-refractivity contribution >= 4 is 5.82 Å². The van der Waals surface area contributed by atoms with Gasteiger partial charge in [-0.05, 0) is 37.9 Å². The number of piperazine rings is 1. The monoisotopic (exact) mass is 299 g/mol. The van der Waals surface area contributed by atoms with Crippen molar-refractivity contribution in [1.29, 1.82) is 0 Å². The first-order chi connectivity index (χ1) is 10.8. The number of likely N-dealkylation sites (N-methyl/N-ethyl adjacent to an activating group) is 1. The second kappa shape index (κ2) is 5.68. The minimum Gasteiger partial charge on any atom is -0.354 e. The SMILES string of the molecule is CN1CCN(c2ccc(-c3noc(CC4CC4)n3)cn2)CC1. The summed E-state index contributed by atoms with van der Waals surface area (Å²) in [5.41, 5.74) is 0.920. The van der Waals surface area contributed by atoms with E-state index in [1.807, 2.05) is 12.3 Å². The highest BCUT2D eigenvalue weighted by molar-refractivity contribution is 5.56. The summed E-state index contributed by atoms with van der Waals surface area (Å²) >= 11 is 0. The van der Waals surface area contributed by atoms with Crippen molar-refractivity contribution in [3.05, 3.63) is 24.2 Å². The molecule has 1 saturated carbocycles. The maximum atomic E-state index is 5.32. The molecule has 0 bridgehead atoms. The molecule has 0 spiro atoms. The van der Waals surface area contributed by atoms with Crippen LogP contribution < -0.4 is 4.90 Å². The predicted molar refractivity (Wildman–Crippen MR) is 83.7 cm³/mol. The molecule has 0 radical (unpaired) electrons.